The molecular weight excluding hydrogens is 1300 g/mol. The zero-order valence-electron chi connectivity index (χ0n) is 71.0. The summed E-state index contributed by atoms with van der Waals surface area (Å²) in [5.74, 6) is 0. The van der Waals surface area contributed by atoms with Crippen molar-refractivity contribution in [1.82, 2.24) is 4.57 Å². The minimum atomic E-state index is -0.442. The van der Waals surface area contributed by atoms with Crippen LogP contribution in [0.4, 0.5) is 34.1 Å². The fraction of sp³-hybridized carbons (Fsp3) is 0.233. The summed E-state index contributed by atoms with van der Waals surface area (Å²) in [7, 11) is 0. The van der Waals surface area contributed by atoms with Crippen LogP contribution in [-0.2, 0) is 32.5 Å². The highest BCUT2D eigenvalue weighted by Gasteiger charge is 2.45. The Balaban J connectivity index is 1.09. The smallest absolute Gasteiger partial charge is 0.252 e. The van der Waals surface area contributed by atoms with Crippen LogP contribution in [0, 0.1) is 11.3 Å². The number of rotatable bonds is 9. The highest BCUT2D eigenvalue weighted by molar-refractivity contribution is 7.00. The number of nitrogens with zero attached hydrogens (tertiary/aromatic N) is 4. The lowest BCUT2D eigenvalue weighted by Crippen LogP contribution is -2.61. The predicted molar refractivity (Wildman–Crippen MR) is 464 cm³/mol. The second kappa shape index (κ2) is 26.1. The average Bonchev–Trinajstić information content (AvgIpc) is 1.07. The van der Waals surface area contributed by atoms with Crippen LogP contribution in [0.15, 0.2) is 273 Å². The average molecular weight is 1410 g/mol. The Labute approximate surface area is 649 Å². The number of hydrogen-bond donors (Lipinski definition) is 0. The lowest BCUT2D eigenvalue weighted by molar-refractivity contribution is 0.568. The topological polar surface area (TPSA) is 35.2 Å². The van der Waals surface area contributed by atoms with Gasteiger partial charge in [0.2, 0.25) is 0 Å². The fourth-order valence-corrected chi connectivity index (χ4v) is 16.2. The van der Waals surface area contributed by atoms with Crippen LogP contribution in [0.5, 0.6) is 0 Å². The van der Waals surface area contributed by atoms with Crippen LogP contribution >= 0.6 is 0 Å². The molecule has 0 bridgehead atoms. The molecule has 0 unspecified atom stereocenters. The van der Waals surface area contributed by atoms with Crippen molar-refractivity contribution in [2.45, 2.75) is 157 Å². The molecule has 0 saturated heterocycles. The molecule has 0 radical (unpaired) electrons. The van der Waals surface area contributed by atoms with Crippen molar-refractivity contribution in [3.05, 3.63) is 312 Å². The van der Waals surface area contributed by atoms with E-state index in [1.165, 1.54) is 33.4 Å². The van der Waals surface area contributed by atoms with Crippen LogP contribution in [0.25, 0.3) is 94.3 Å². The molecule has 16 rings (SSSR count). The van der Waals surface area contributed by atoms with E-state index >= 15 is 0 Å². The Morgan fingerprint density at radius 2 is 0.685 bits per heavy atom. The largest absolute Gasteiger partial charge is 0.311 e. The van der Waals surface area contributed by atoms with Crippen molar-refractivity contribution < 1.29 is 6.85 Å². The maximum atomic E-state index is 12.1. The van der Waals surface area contributed by atoms with Gasteiger partial charge in [-0.2, -0.15) is 5.26 Å². The van der Waals surface area contributed by atoms with E-state index in [1.807, 2.05) is 36.4 Å². The second-order valence-corrected chi connectivity index (χ2v) is 36.3. The van der Waals surface area contributed by atoms with Gasteiger partial charge in [0.15, 0.2) is 0 Å². The molecule has 0 atom stereocenters. The van der Waals surface area contributed by atoms with Gasteiger partial charge in [0.25, 0.3) is 6.71 Å². The molecule has 0 aliphatic carbocycles. The van der Waals surface area contributed by atoms with Gasteiger partial charge in [-0.25, -0.2) is 0 Å². The van der Waals surface area contributed by atoms with Gasteiger partial charge in [-0.15, -0.1) is 0 Å². The van der Waals surface area contributed by atoms with Gasteiger partial charge < -0.3 is 14.4 Å². The van der Waals surface area contributed by atoms with E-state index in [-0.39, 0.29) is 56.9 Å². The van der Waals surface area contributed by atoms with Crippen LogP contribution in [-0.4, -0.2) is 11.3 Å². The monoisotopic (exact) mass is 1410 g/mol. The fourth-order valence-electron chi connectivity index (χ4n) is 16.2. The SMILES string of the molecule is [2H]c1c([2H])c([2H])c(-c2ccccc2-c2cc(-c3ccccc3)cc(N3c4cc(-c5cc(C(C)(C)C)cc(C(C)(C)C)c5)ccc4B4c5ccc(-c6cc(C(C)(C)C)cc(C(C)(C)C)c6)cc5N(c5cc(-n6c7ccccc7c7ccccc76)ccc5C#N)c5cc(-c6cc(C(C)(C)C)cc(C(C)(C)C)c6)cc3c54)c2)c([2H])c1[2H]. The molecule has 14 aromatic rings. The number of para-hydroxylation sites is 2. The quantitative estimate of drug-likeness (QED) is 0.135. The summed E-state index contributed by atoms with van der Waals surface area (Å²) < 4.78 is 48.1. The zero-order valence-corrected chi connectivity index (χ0v) is 66.0. The van der Waals surface area contributed by atoms with Gasteiger partial charge in [0.1, 0.15) is 6.07 Å². The molecule has 108 heavy (non-hydrogen) atoms. The van der Waals surface area contributed by atoms with Gasteiger partial charge in [0.05, 0.1) is 29.1 Å². The first kappa shape index (κ1) is 65.1. The van der Waals surface area contributed by atoms with Gasteiger partial charge in [-0.3, -0.25) is 0 Å². The lowest BCUT2D eigenvalue weighted by atomic mass is 9.33. The van der Waals surface area contributed by atoms with Crippen LogP contribution < -0.4 is 26.2 Å². The van der Waals surface area contributed by atoms with E-state index < -0.39 is 18.1 Å². The van der Waals surface area contributed by atoms with Gasteiger partial charge in [-0.1, -0.05) is 325 Å². The molecule has 5 heteroatoms. The van der Waals surface area contributed by atoms with Crippen molar-refractivity contribution in [3.8, 4) is 78.5 Å². The molecular formula is C103H99BN4. The second-order valence-electron chi connectivity index (χ2n) is 36.3. The first-order valence-electron chi connectivity index (χ1n) is 40.8. The molecule has 0 fully saturated rings. The lowest BCUT2D eigenvalue weighted by Gasteiger charge is -2.45. The minimum absolute atomic E-state index is 0.132. The van der Waals surface area contributed by atoms with Crippen molar-refractivity contribution in [1.29, 1.82) is 5.26 Å². The van der Waals surface area contributed by atoms with Crippen LogP contribution in [0.3, 0.4) is 0 Å². The van der Waals surface area contributed by atoms with Gasteiger partial charge in [0, 0.05) is 44.9 Å². The number of aromatic nitrogens is 1. The van der Waals surface area contributed by atoms with Crippen LogP contribution in [0.2, 0.25) is 0 Å². The van der Waals surface area contributed by atoms with Crippen molar-refractivity contribution in [2.24, 2.45) is 0 Å². The molecule has 13 aromatic carbocycles. The number of fused-ring (bicyclic) bond motifs is 7. The molecule has 0 spiro atoms. The molecule has 0 N–H and O–H groups in total. The van der Waals surface area contributed by atoms with E-state index in [9.17, 15) is 8.00 Å². The maximum absolute atomic E-state index is 12.1. The van der Waals surface area contributed by atoms with E-state index in [4.69, 9.17) is 4.11 Å². The number of anilines is 6. The maximum Gasteiger partial charge on any atom is 0.252 e. The van der Waals surface area contributed by atoms with Gasteiger partial charge in [-0.05, 0) is 222 Å². The Kier molecular flexibility index (Phi) is 15.7. The first-order chi connectivity index (χ1) is 53.3. The molecule has 0 saturated carbocycles. The predicted octanol–water partition coefficient (Wildman–Crippen LogP) is 26.5. The third kappa shape index (κ3) is 12.9. The Bertz CT molecular complexity index is 6110. The molecule has 2 aliphatic heterocycles. The van der Waals surface area contributed by atoms with E-state index in [0.29, 0.717) is 16.7 Å². The standard InChI is InChI=1S/C103H99BN4/c1-98(2,3)76-48-71(49-77(60-76)99(4,5)6)67-42-45-88-93(56-67)107(83-54-70(65-31-21-19-22-32-65)47-75(55-83)85-36-26-25-35-84(85)66-33-23-20-24-34-66)95-58-74(73-52-80(102(13,14)15)62-81(53-73)103(16,17)18)59-96-97(95)104(88)89-46-43-68(72-50-78(100(7,8)9)61-79(51-72)101(10,11)12)57-94(89)108(96)92-63-82(44-41-69(92)64-105)106-90-39-29-27-37-86(90)87-38-28-30-40-91(87)106/h19-63H,1-18H3/i20D,23D,24D,33D,34D. The molecule has 3 heterocycles. The highest BCUT2D eigenvalue weighted by Crippen LogP contribution is 2.52. The molecule has 2 aliphatic rings. The number of hydrogen-bond acceptors (Lipinski definition) is 3. The normalized spacial score (nSPS) is 13.9. The summed E-state index contributed by atoms with van der Waals surface area (Å²) in [6.45, 7) is 41.0. The summed E-state index contributed by atoms with van der Waals surface area (Å²) in [5.41, 5.74) is 28.9. The summed E-state index contributed by atoms with van der Waals surface area (Å²) in [6, 6.07) is 90.3. The minimum Gasteiger partial charge on any atom is -0.311 e. The summed E-state index contributed by atoms with van der Waals surface area (Å²) in [6.07, 6.45) is 0. The zero-order chi connectivity index (χ0) is 80.2. The van der Waals surface area contributed by atoms with Gasteiger partial charge >= 0.3 is 0 Å². The molecule has 1 aromatic heterocycles. The van der Waals surface area contributed by atoms with Crippen molar-refractivity contribution in [3.63, 3.8) is 0 Å². The van der Waals surface area contributed by atoms with E-state index in [2.05, 4.69) is 351 Å². The summed E-state index contributed by atoms with van der Waals surface area (Å²) in [5, 5.41) is 14.4. The first-order valence-corrected chi connectivity index (χ1v) is 38.3. The number of nitriles is 1. The van der Waals surface area contributed by atoms with E-state index in [1.54, 1.807) is 0 Å². The summed E-state index contributed by atoms with van der Waals surface area (Å²) in [4.78, 5) is 4.94. The third-order valence-corrected chi connectivity index (χ3v) is 22.5. The Morgan fingerprint density at radius 1 is 0.296 bits per heavy atom. The summed E-state index contributed by atoms with van der Waals surface area (Å²) >= 11 is 0. The molecule has 534 valence electrons. The Morgan fingerprint density at radius 3 is 1.16 bits per heavy atom. The molecule has 0 amide bonds. The Hall–Kier alpha value is -11.2. The van der Waals surface area contributed by atoms with E-state index in [0.717, 1.165) is 128 Å². The number of benzene rings is 13. The highest BCUT2D eigenvalue weighted by atomic mass is 15.2. The van der Waals surface area contributed by atoms with Crippen LogP contribution in [0.1, 0.15) is 170 Å². The van der Waals surface area contributed by atoms with Crippen molar-refractivity contribution in [2.75, 3.05) is 9.80 Å². The molecule has 4 nitrogen and oxygen atoms in total. The third-order valence-electron chi connectivity index (χ3n) is 22.5. The van der Waals surface area contributed by atoms with Crippen molar-refractivity contribution >= 4 is 79.0 Å².